The van der Waals surface area contributed by atoms with Gasteiger partial charge in [0.05, 0.1) is 13.2 Å². The van der Waals surface area contributed by atoms with Crippen molar-refractivity contribution in [3.63, 3.8) is 0 Å². The molecule has 114 valence electrons. The standard InChI is InChI=1S/C16H21NO4/c1-9-6-10(2)8-13(7-9)15(17-12(4)19)14(11(3)18)16(20)21-5/h6-8,14-15H,1-5H3,(H,17,19)/t14-,15+/m0/s1. The number of esters is 1. The number of amides is 1. The van der Waals surface area contributed by atoms with Crippen molar-refractivity contribution in [1.82, 2.24) is 5.32 Å². The van der Waals surface area contributed by atoms with E-state index in [1.54, 1.807) is 0 Å². The molecule has 0 aliphatic rings. The van der Waals surface area contributed by atoms with Gasteiger partial charge in [-0.25, -0.2) is 0 Å². The highest BCUT2D eigenvalue weighted by Crippen LogP contribution is 2.26. The molecule has 0 aliphatic carbocycles. The van der Waals surface area contributed by atoms with Crippen LogP contribution in [0.5, 0.6) is 0 Å². The van der Waals surface area contributed by atoms with Crippen molar-refractivity contribution in [1.29, 1.82) is 0 Å². The first kappa shape index (κ1) is 16.9. The number of hydrogen-bond donors (Lipinski definition) is 1. The lowest BCUT2D eigenvalue weighted by molar-refractivity contribution is -0.150. The molecule has 0 radical (unpaired) electrons. The molecule has 1 aromatic rings. The number of Topliss-reactive ketones (excluding diaryl/α,β-unsaturated/α-hetero) is 1. The molecule has 0 unspecified atom stereocenters. The van der Waals surface area contributed by atoms with Crippen molar-refractivity contribution in [2.75, 3.05) is 7.11 Å². The number of hydrogen-bond acceptors (Lipinski definition) is 4. The number of methoxy groups -OCH3 is 1. The van der Waals surface area contributed by atoms with Gasteiger partial charge in [-0.2, -0.15) is 0 Å². The second-order valence-corrected chi connectivity index (χ2v) is 5.21. The largest absolute Gasteiger partial charge is 0.468 e. The summed E-state index contributed by atoms with van der Waals surface area (Å²) in [6.07, 6.45) is 0. The smallest absolute Gasteiger partial charge is 0.318 e. The molecule has 5 heteroatoms. The Hall–Kier alpha value is -2.17. The third-order valence-electron chi connectivity index (χ3n) is 3.19. The zero-order valence-electron chi connectivity index (χ0n) is 13.0. The Labute approximate surface area is 124 Å². The fraction of sp³-hybridized carbons (Fsp3) is 0.438. The molecular formula is C16H21NO4. The van der Waals surface area contributed by atoms with Crippen LogP contribution in [0.25, 0.3) is 0 Å². The highest BCUT2D eigenvalue weighted by atomic mass is 16.5. The first-order chi connectivity index (χ1) is 9.76. The number of ketones is 1. The zero-order chi connectivity index (χ0) is 16.2. The van der Waals surface area contributed by atoms with Gasteiger partial charge < -0.3 is 10.1 Å². The Kier molecular flexibility index (Phi) is 5.64. The molecule has 0 aromatic heterocycles. The summed E-state index contributed by atoms with van der Waals surface area (Å²) in [6.45, 7) is 6.51. The Morgan fingerprint density at radius 3 is 1.95 bits per heavy atom. The van der Waals surface area contributed by atoms with Crippen molar-refractivity contribution in [2.24, 2.45) is 5.92 Å². The van der Waals surface area contributed by atoms with E-state index < -0.39 is 17.9 Å². The Bertz CT molecular complexity index is 545. The van der Waals surface area contributed by atoms with Gasteiger partial charge in [0.15, 0.2) is 0 Å². The van der Waals surface area contributed by atoms with Gasteiger partial charge in [0.1, 0.15) is 11.7 Å². The van der Waals surface area contributed by atoms with Crippen LogP contribution in [0.15, 0.2) is 18.2 Å². The maximum Gasteiger partial charge on any atom is 0.318 e. The number of rotatable bonds is 5. The monoisotopic (exact) mass is 291 g/mol. The van der Waals surface area contributed by atoms with Crippen LogP contribution in [0, 0.1) is 19.8 Å². The van der Waals surface area contributed by atoms with Gasteiger partial charge >= 0.3 is 5.97 Å². The van der Waals surface area contributed by atoms with Crippen molar-refractivity contribution >= 4 is 17.7 Å². The molecule has 0 heterocycles. The molecule has 0 fully saturated rings. The molecule has 0 bridgehead atoms. The summed E-state index contributed by atoms with van der Waals surface area (Å²) in [6, 6.07) is 4.96. The second kappa shape index (κ2) is 7.02. The van der Waals surface area contributed by atoms with Crippen LogP contribution in [0.4, 0.5) is 0 Å². The fourth-order valence-corrected chi connectivity index (χ4v) is 2.43. The number of aryl methyl sites for hydroxylation is 2. The minimum atomic E-state index is -1.06. The van der Waals surface area contributed by atoms with E-state index in [1.807, 2.05) is 32.0 Å². The van der Waals surface area contributed by atoms with Crippen LogP contribution in [-0.2, 0) is 19.1 Å². The van der Waals surface area contributed by atoms with E-state index in [-0.39, 0.29) is 11.7 Å². The summed E-state index contributed by atoms with van der Waals surface area (Å²) in [5.74, 6) is -2.37. The average molecular weight is 291 g/mol. The van der Waals surface area contributed by atoms with E-state index >= 15 is 0 Å². The summed E-state index contributed by atoms with van der Waals surface area (Å²) in [5, 5.41) is 2.69. The van der Waals surface area contributed by atoms with Crippen molar-refractivity contribution in [3.05, 3.63) is 34.9 Å². The Morgan fingerprint density at radius 2 is 1.57 bits per heavy atom. The van der Waals surface area contributed by atoms with Crippen LogP contribution in [0.1, 0.15) is 36.6 Å². The number of carbonyl (C=O) groups excluding carboxylic acids is 3. The van der Waals surface area contributed by atoms with Crippen LogP contribution >= 0.6 is 0 Å². The molecule has 21 heavy (non-hydrogen) atoms. The number of carbonyl (C=O) groups is 3. The van der Waals surface area contributed by atoms with E-state index in [0.29, 0.717) is 5.56 Å². The molecule has 0 saturated heterocycles. The fourth-order valence-electron chi connectivity index (χ4n) is 2.43. The van der Waals surface area contributed by atoms with Crippen molar-refractivity contribution in [2.45, 2.75) is 33.7 Å². The van der Waals surface area contributed by atoms with Crippen LogP contribution in [0.2, 0.25) is 0 Å². The quantitative estimate of drug-likeness (QED) is 0.664. The average Bonchev–Trinajstić information content (AvgIpc) is 2.35. The normalized spacial score (nSPS) is 13.2. The highest BCUT2D eigenvalue weighted by Gasteiger charge is 2.35. The second-order valence-electron chi connectivity index (χ2n) is 5.21. The van der Waals surface area contributed by atoms with Crippen LogP contribution < -0.4 is 5.32 Å². The van der Waals surface area contributed by atoms with Gasteiger partial charge in [0, 0.05) is 6.92 Å². The lowest BCUT2D eigenvalue weighted by atomic mass is 9.88. The van der Waals surface area contributed by atoms with Gasteiger partial charge in [0.25, 0.3) is 0 Å². The van der Waals surface area contributed by atoms with Gasteiger partial charge in [0.2, 0.25) is 5.91 Å². The van der Waals surface area contributed by atoms with Gasteiger partial charge in [-0.1, -0.05) is 29.3 Å². The van der Waals surface area contributed by atoms with Gasteiger partial charge in [-0.05, 0) is 26.3 Å². The minimum Gasteiger partial charge on any atom is -0.468 e. The summed E-state index contributed by atoms with van der Waals surface area (Å²) in [5.41, 5.74) is 2.70. The minimum absolute atomic E-state index is 0.311. The Balaban J connectivity index is 3.35. The number of ether oxygens (including phenoxy) is 1. The molecule has 1 N–H and O–H groups in total. The van der Waals surface area contributed by atoms with Crippen molar-refractivity contribution < 1.29 is 19.1 Å². The lowest BCUT2D eigenvalue weighted by Crippen LogP contribution is -2.39. The molecule has 1 amide bonds. The predicted octanol–water partition coefficient (Wildman–Crippen LogP) is 1.86. The van der Waals surface area contributed by atoms with Gasteiger partial charge in [-0.3, -0.25) is 14.4 Å². The first-order valence-electron chi connectivity index (χ1n) is 6.69. The Morgan fingerprint density at radius 1 is 1.05 bits per heavy atom. The first-order valence-corrected chi connectivity index (χ1v) is 6.69. The van der Waals surface area contributed by atoms with E-state index in [0.717, 1.165) is 11.1 Å². The molecule has 2 atom stereocenters. The maximum atomic E-state index is 11.9. The third-order valence-corrected chi connectivity index (χ3v) is 3.19. The van der Waals surface area contributed by atoms with Crippen molar-refractivity contribution in [3.8, 4) is 0 Å². The number of benzene rings is 1. The molecule has 0 saturated carbocycles. The summed E-state index contributed by atoms with van der Waals surface area (Å²) in [4.78, 5) is 35.2. The SMILES string of the molecule is COC(=O)[C@@H](C(C)=O)[C@H](NC(C)=O)c1cc(C)cc(C)c1. The van der Waals surface area contributed by atoms with E-state index in [4.69, 9.17) is 4.74 Å². The van der Waals surface area contributed by atoms with Crippen LogP contribution in [-0.4, -0.2) is 24.8 Å². The summed E-state index contributed by atoms with van der Waals surface area (Å²) >= 11 is 0. The summed E-state index contributed by atoms with van der Waals surface area (Å²) in [7, 11) is 1.23. The zero-order valence-corrected chi connectivity index (χ0v) is 13.0. The summed E-state index contributed by atoms with van der Waals surface area (Å²) < 4.78 is 4.71. The topological polar surface area (TPSA) is 72.5 Å². The maximum absolute atomic E-state index is 11.9. The third kappa shape index (κ3) is 4.41. The molecular weight excluding hydrogens is 270 g/mol. The molecule has 1 rings (SSSR count). The molecule has 0 aliphatic heterocycles. The lowest BCUT2D eigenvalue weighted by Gasteiger charge is -2.25. The number of nitrogens with one attached hydrogen (secondary N) is 1. The van der Waals surface area contributed by atoms with E-state index in [2.05, 4.69) is 5.32 Å². The molecule has 0 spiro atoms. The van der Waals surface area contributed by atoms with E-state index in [1.165, 1.54) is 21.0 Å². The molecule has 1 aromatic carbocycles. The van der Waals surface area contributed by atoms with E-state index in [9.17, 15) is 14.4 Å². The predicted molar refractivity (Wildman–Crippen MR) is 78.7 cm³/mol. The molecule has 5 nitrogen and oxygen atoms in total. The van der Waals surface area contributed by atoms with Gasteiger partial charge in [-0.15, -0.1) is 0 Å². The highest BCUT2D eigenvalue weighted by molar-refractivity contribution is 5.99. The van der Waals surface area contributed by atoms with Crippen LogP contribution in [0.3, 0.4) is 0 Å².